The van der Waals surface area contributed by atoms with E-state index in [1.165, 1.54) is 6.42 Å². The SMILES string of the molecule is COCCCC1CCCN(C(=O)Cc2cccc(OC)c2)C1. The first kappa shape index (κ1) is 16.8. The number of rotatable bonds is 7. The molecule has 0 aromatic heterocycles. The molecule has 1 amide bonds. The lowest BCUT2D eigenvalue weighted by Gasteiger charge is -2.33. The van der Waals surface area contributed by atoms with Crippen LogP contribution in [0.15, 0.2) is 24.3 Å². The second kappa shape index (κ2) is 8.79. The van der Waals surface area contributed by atoms with Crippen molar-refractivity contribution in [1.29, 1.82) is 0 Å². The number of methoxy groups -OCH3 is 2. The number of carbonyl (C=O) groups is 1. The smallest absolute Gasteiger partial charge is 0.227 e. The third-order valence-corrected chi connectivity index (χ3v) is 4.32. The number of nitrogens with zero attached hydrogens (tertiary/aromatic N) is 1. The van der Waals surface area contributed by atoms with Crippen molar-refractivity contribution < 1.29 is 14.3 Å². The van der Waals surface area contributed by atoms with Gasteiger partial charge in [0.25, 0.3) is 0 Å². The quantitative estimate of drug-likeness (QED) is 0.727. The van der Waals surface area contributed by atoms with Gasteiger partial charge in [0, 0.05) is 26.8 Å². The van der Waals surface area contributed by atoms with Crippen molar-refractivity contribution in [2.45, 2.75) is 32.1 Å². The number of hydrogen-bond acceptors (Lipinski definition) is 3. The number of likely N-dealkylation sites (tertiary alicyclic amines) is 1. The fraction of sp³-hybridized carbons (Fsp3) is 0.611. The van der Waals surface area contributed by atoms with Gasteiger partial charge in [0.2, 0.25) is 5.91 Å². The van der Waals surface area contributed by atoms with Crippen molar-refractivity contribution in [2.75, 3.05) is 33.9 Å². The largest absolute Gasteiger partial charge is 0.497 e. The van der Waals surface area contributed by atoms with Gasteiger partial charge in [-0.05, 0) is 49.3 Å². The van der Waals surface area contributed by atoms with Gasteiger partial charge in [0.05, 0.1) is 13.5 Å². The first-order chi connectivity index (χ1) is 10.7. The molecule has 2 rings (SSSR count). The first-order valence-electron chi connectivity index (χ1n) is 8.12. The Labute approximate surface area is 133 Å². The molecule has 1 aromatic carbocycles. The van der Waals surface area contributed by atoms with Crippen LogP contribution in [0.4, 0.5) is 0 Å². The van der Waals surface area contributed by atoms with Crippen LogP contribution < -0.4 is 4.74 Å². The molecule has 4 nitrogen and oxygen atoms in total. The normalized spacial score (nSPS) is 18.3. The highest BCUT2D eigenvalue weighted by Crippen LogP contribution is 2.22. The Kier molecular flexibility index (Phi) is 6.72. The standard InChI is InChI=1S/C18H27NO3/c1-21-11-5-8-15-7-4-10-19(14-15)18(20)13-16-6-3-9-17(12-16)22-2/h3,6,9,12,15H,4-5,7-8,10-11,13-14H2,1-2H3. The van der Waals surface area contributed by atoms with Gasteiger partial charge in [-0.25, -0.2) is 0 Å². The lowest BCUT2D eigenvalue weighted by Crippen LogP contribution is -2.40. The molecule has 1 atom stereocenters. The van der Waals surface area contributed by atoms with Gasteiger partial charge in [0.15, 0.2) is 0 Å². The Morgan fingerprint density at radius 3 is 3.00 bits per heavy atom. The monoisotopic (exact) mass is 305 g/mol. The van der Waals surface area contributed by atoms with E-state index in [0.29, 0.717) is 12.3 Å². The predicted octanol–water partition coefficient (Wildman–Crippen LogP) is 2.90. The summed E-state index contributed by atoms with van der Waals surface area (Å²) in [6, 6.07) is 7.77. The molecule has 1 aliphatic heterocycles. The third kappa shape index (κ3) is 5.02. The highest BCUT2D eigenvalue weighted by molar-refractivity contribution is 5.79. The zero-order valence-corrected chi connectivity index (χ0v) is 13.7. The molecule has 0 saturated carbocycles. The van der Waals surface area contributed by atoms with E-state index in [1.807, 2.05) is 29.2 Å². The van der Waals surface area contributed by atoms with Crippen LogP contribution in [-0.2, 0) is 16.0 Å². The van der Waals surface area contributed by atoms with Crippen LogP contribution in [0.3, 0.4) is 0 Å². The Balaban J connectivity index is 1.85. The van der Waals surface area contributed by atoms with Crippen LogP contribution >= 0.6 is 0 Å². The molecule has 0 spiro atoms. The van der Waals surface area contributed by atoms with Crippen molar-refractivity contribution in [3.05, 3.63) is 29.8 Å². The maximum Gasteiger partial charge on any atom is 0.227 e. The number of hydrogen-bond donors (Lipinski definition) is 0. The van der Waals surface area contributed by atoms with Crippen LogP contribution in [0, 0.1) is 5.92 Å². The molecule has 22 heavy (non-hydrogen) atoms. The molecule has 1 unspecified atom stereocenters. The van der Waals surface area contributed by atoms with Crippen LogP contribution in [0.2, 0.25) is 0 Å². The highest BCUT2D eigenvalue weighted by atomic mass is 16.5. The second-order valence-electron chi connectivity index (χ2n) is 6.01. The molecular formula is C18H27NO3. The van der Waals surface area contributed by atoms with Crippen molar-refractivity contribution in [1.82, 2.24) is 4.90 Å². The van der Waals surface area contributed by atoms with E-state index in [2.05, 4.69) is 0 Å². The summed E-state index contributed by atoms with van der Waals surface area (Å²) in [7, 11) is 3.39. The average Bonchev–Trinajstić information content (AvgIpc) is 2.55. The second-order valence-corrected chi connectivity index (χ2v) is 6.01. The van der Waals surface area contributed by atoms with Gasteiger partial charge in [-0.1, -0.05) is 12.1 Å². The molecule has 1 heterocycles. The predicted molar refractivity (Wildman–Crippen MR) is 87.1 cm³/mol. The lowest BCUT2D eigenvalue weighted by molar-refractivity contribution is -0.132. The summed E-state index contributed by atoms with van der Waals surface area (Å²) in [6.45, 7) is 2.60. The minimum Gasteiger partial charge on any atom is -0.497 e. The van der Waals surface area contributed by atoms with E-state index in [0.717, 1.165) is 50.3 Å². The minimum atomic E-state index is 0.227. The minimum absolute atomic E-state index is 0.227. The molecule has 0 aliphatic carbocycles. The number of carbonyl (C=O) groups excluding carboxylic acids is 1. The first-order valence-corrected chi connectivity index (χ1v) is 8.12. The third-order valence-electron chi connectivity index (χ3n) is 4.32. The zero-order chi connectivity index (χ0) is 15.8. The molecular weight excluding hydrogens is 278 g/mol. The highest BCUT2D eigenvalue weighted by Gasteiger charge is 2.23. The van der Waals surface area contributed by atoms with Gasteiger partial charge in [-0.15, -0.1) is 0 Å². The Hall–Kier alpha value is -1.55. The van der Waals surface area contributed by atoms with E-state index >= 15 is 0 Å². The van der Waals surface area contributed by atoms with Gasteiger partial charge in [0.1, 0.15) is 5.75 Å². The molecule has 122 valence electrons. The summed E-state index contributed by atoms with van der Waals surface area (Å²) < 4.78 is 10.3. The Morgan fingerprint density at radius 2 is 2.23 bits per heavy atom. The molecule has 1 saturated heterocycles. The van der Waals surface area contributed by atoms with Crippen LogP contribution in [0.1, 0.15) is 31.2 Å². The Morgan fingerprint density at radius 1 is 1.36 bits per heavy atom. The maximum absolute atomic E-state index is 12.5. The number of amides is 1. The van der Waals surface area contributed by atoms with E-state index < -0.39 is 0 Å². The molecule has 0 bridgehead atoms. The van der Waals surface area contributed by atoms with Crippen molar-refractivity contribution >= 4 is 5.91 Å². The van der Waals surface area contributed by atoms with Gasteiger partial charge in [-0.2, -0.15) is 0 Å². The van der Waals surface area contributed by atoms with E-state index in [1.54, 1.807) is 14.2 Å². The van der Waals surface area contributed by atoms with Crippen molar-refractivity contribution in [3.63, 3.8) is 0 Å². The summed E-state index contributed by atoms with van der Waals surface area (Å²) in [5.74, 6) is 1.66. The lowest BCUT2D eigenvalue weighted by atomic mass is 9.93. The topological polar surface area (TPSA) is 38.8 Å². The van der Waals surface area contributed by atoms with E-state index in [9.17, 15) is 4.79 Å². The summed E-state index contributed by atoms with van der Waals surface area (Å²) in [4.78, 5) is 14.5. The van der Waals surface area contributed by atoms with Gasteiger partial charge < -0.3 is 14.4 Å². The van der Waals surface area contributed by atoms with Crippen LogP contribution in [0.25, 0.3) is 0 Å². The number of ether oxygens (including phenoxy) is 2. The number of piperidine rings is 1. The maximum atomic E-state index is 12.5. The summed E-state index contributed by atoms with van der Waals surface area (Å²) in [5, 5.41) is 0. The Bertz CT molecular complexity index is 475. The molecule has 0 radical (unpaired) electrons. The fourth-order valence-electron chi connectivity index (χ4n) is 3.11. The fourth-order valence-corrected chi connectivity index (χ4v) is 3.11. The van der Waals surface area contributed by atoms with Crippen molar-refractivity contribution in [3.8, 4) is 5.75 Å². The summed E-state index contributed by atoms with van der Waals surface area (Å²) >= 11 is 0. The molecule has 1 aromatic rings. The van der Waals surface area contributed by atoms with E-state index in [-0.39, 0.29) is 5.91 Å². The molecule has 1 fully saturated rings. The van der Waals surface area contributed by atoms with Crippen LogP contribution in [0.5, 0.6) is 5.75 Å². The van der Waals surface area contributed by atoms with Crippen LogP contribution in [-0.4, -0.2) is 44.7 Å². The molecule has 4 heteroatoms. The summed E-state index contributed by atoms with van der Waals surface area (Å²) in [5.41, 5.74) is 1.02. The number of benzene rings is 1. The average molecular weight is 305 g/mol. The summed E-state index contributed by atoms with van der Waals surface area (Å²) in [6.07, 6.45) is 5.03. The van der Waals surface area contributed by atoms with Gasteiger partial charge in [-0.3, -0.25) is 4.79 Å². The zero-order valence-electron chi connectivity index (χ0n) is 13.7. The van der Waals surface area contributed by atoms with E-state index in [4.69, 9.17) is 9.47 Å². The van der Waals surface area contributed by atoms with Crippen molar-refractivity contribution in [2.24, 2.45) is 5.92 Å². The van der Waals surface area contributed by atoms with Gasteiger partial charge >= 0.3 is 0 Å². The molecule has 0 N–H and O–H groups in total. The molecule has 1 aliphatic rings.